The average Bonchev–Trinajstić information content (AvgIpc) is 3.21. The number of fused-ring (bicyclic) bond motifs is 1. The number of benzene rings is 1. The fraction of sp³-hybridized carbons (Fsp3) is 0.650. The van der Waals surface area contributed by atoms with E-state index in [1.165, 1.54) is 0 Å². The Balaban J connectivity index is 1.19. The first-order valence-corrected chi connectivity index (χ1v) is 9.97. The topological polar surface area (TPSA) is 54.5 Å². The predicted molar refractivity (Wildman–Crippen MR) is 101 cm³/mol. The highest BCUT2D eigenvalue weighted by molar-refractivity contribution is 5.71. The van der Waals surface area contributed by atoms with Crippen LogP contribution in [0.1, 0.15) is 6.42 Å². The summed E-state index contributed by atoms with van der Waals surface area (Å²) in [5.74, 6) is 0.896. The SMILES string of the molecule is O=C1O[C@@H]2CN(CCOc3ccccc3)C[C@@H]2N1CCCN1CCOCC1. The van der Waals surface area contributed by atoms with Gasteiger partial charge in [-0.15, -0.1) is 0 Å². The molecule has 148 valence electrons. The highest BCUT2D eigenvalue weighted by Crippen LogP contribution is 2.27. The number of hydrogen-bond donors (Lipinski definition) is 0. The lowest BCUT2D eigenvalue weighted by Crippen LogP contribution is -2.41. The van der Waals surface area contributed by atoms with Gasteiger partial charge in [-0.2, -0.15) is 0 Å². The Bertz CT molecular complexity index is 609. The maximum Gasteiger partial charge on any atom is 0.410 e. The van der Waals surface area contributed by atoms with Crippen molar-refractivity contribution in [1.29, 1.82) is 0 Å². The third-order valence-electron chi connectivity index (χ3n) is 5.60. The molecule has 0 aliphatic carbocycles. The number of likely N-dealkylation sites (tertiary alicyclic amines) is 1. The maximum atomic E-state index is 12.2. The van der Waals surface area contributed by atoms with E-state index in [0.717, 1.165) is 71.2 Å². The first-order chi connectivity index (χ1) is 13.3. The second kappa shape index (κ2) is 8.91. The summed E-state index contributed by atoms with van der Waals surface area (Å²) in [4.78, 5) is 18.9. The molecule has 2 atom stereocenters. The fourth-order valence-electron chi connectivity index (χ4n) is 4.12. The van der Waals surface area contributed by atoms with Crippen molar-refractivity contribution in [2.45, 2.75) is 18.6 Å². The summed E-state index contributed by atoms with van der Waals surface area (Å²) in [6, 6.07) is 10.1. The summed E-state index contributed by atoms with van der Waals surface area (Å²) < 4.78 is 16.8. The Hall–Kier alpha value is -1.83. The van der Waals surface area contributed by atoms with Gasteiger partial charge in [0.15, 0.2) is 0 Å². The summed E-state index contributed by atoms with van der Waals surface area (Å²) in [6.07, 6.45) is 0.833. The smallest absolute Gasteiger partial charge is 0.410 e. The van der Waals surface area contributed by atoms with Crippen LogP contribution in [0.4, 0.5) is 4.79 Å². The van der Waals surface area contributed by atoms with Crippen LogP contribution in [0, 0.1) is 0 Å². The van der Waals surface area contributed by atoms with Crippen LogP contribution in [-0.4, -0.2) is 98.6 Å². The summed E-state index contributed by atoms with van der Waals surface area (Å²) >= 11 is 0. The van der Waals surface area contributed by atoms with E-state index in [2.05, 4.69) is 9.80 Å². The molecule has 0 N–H and O–H groups in total. The van der Waals surface area contributed by atoms with Gasteiger partial charge in [-0.25, -0.2) is 4.79 Å². The van der Waals surface area contributed by atoms with Crippen molar-refractivity contribution in [1.82, 2.24) is 14.7 Å². The van der Waals surface area contributed by atoms with Crippen LogP contribution in [-0.2, 0) is 9.47 Å². The highest BCUT2D eigenvalue weighted by atomic mass is 16.6. The van der Waals surface area contributed by atoms with Gasteiger partial charge in [-0.3, -0.25) is 9.80 Å². The molecule has 1 aromatic carbocycles. The van der Waals surface area contributed by atoms with Crippen molar-refractivity contribution in [2.24, 2.45) is 0 Å². The van der Waals surface area contributed by atoms with Crippen LogP contribution >= 0.6 is 0 Å². The molecular weight excluding hydrogens is 346 g/mol. The molecule has 3 heterocycles. The van der Waals surface area contributed by atoms with E-state index in [-0.39, 0.29) is 18.2 Å². The summed E-state index contributed by atoms with van der Waals surface area (Å²) in [6.45, 7) is 8.56. The van der Waals surface area contributed by atoms with Gasteiger partial charge in [0.05, 0.1) is 19.3 Å². The van der Waals surface area contributed by atoms with Gasteiger partial charge in [0.2, 0.25) is 0 Å². The Kier molecular flexibility index (Phi) is 6.11. The zero-order chi connectivity index (χ0) is 18.5. The Morgan fingerprint density at radius 3 is 2.63 bits per heavy atom. The summed E-state index contributed by atoms with van der Waals surface area (Å²) in [7, 11) is 0. The minimum absolute atomic E-state index is 0.00221. The molecule has 1 amide bonds. The number of para-hydroxylation sites is 1. The molecule has 3 saturated heterocycles. The number of nitrogens with zero attached hydrogens (tertiary/aromatic N) is 3. The van der Waals surface area contributed by atoms with Crippen molar-refractivity contribution in [3.8, 4) is 5.75 Å². The Morgan fingerprint density at radius 2 is 1.81 bits per heavy atom. The van der Waals surface area contributed by atoms with E-state index >= 15 is 0 Å². The van der Waals surface area contributed by atoms with Gasteiger partial charge < -0.3 is 19.1 Å². The molecule has 0 radical (unpaired) electrons. The highest BCUT2D eigenvalue weighted by Gasteiger charge is 2.47. The average molecular weight is 375 g/mol. The third kappa shape index (κ3) is 4.72. The molecule has 0 unspecified atom stereocenters. The van der Waals surface area contributed by atoms with Crippen LogP contribution in [0.15, 0.2) is 30.3 Å². The maximum absolute atomic E-state index is 12.2. The molecule has 0 saturated carbocycles. The predicted octanol–water partition coefficient (Wildman–Crippen LogP) is 1.29. The molecule has 7 nitrogen and oxygen atoms in total. The first kappa shape index (κ1) is 18.5. The molecule has 3 aliphatic heterocycles. The van der Waals surface area contributed by atoms with E-state index in [9.17, 15) is 4.79 Å². The number of carbonyl (C=O) groups excluding carboxylic acids is 1. The monoisotopic (exact) mass is 375 g/mol. The van der Waals surface area contributed by atoms with Gasteiger partial charge in [0.1, 0.15) is 18.5 Å². The van der Waals surface area contributed by atoms with Crippen molar-refractivity contribution in [3.05, 3.63) is 30.3 Å². The Labute approximate surface area is 160 Å². The quantitative estimate of drug-likeness (QED) is 0.683. The molecular formula is C20H29N3O4. The molecule has 0 spiro atoms. The minimum atomic E-state index is -0.146. The van der Waals surface area contributed by atoms with E-state index in [4.69, 9.17) is 14.2 Å². The van der Waals surface area contributed by atoms with Gasteiger partial charge in [0.25, 0.3) is 0 Å². The number of amides is 1. The van der Waals surface area contributed by atoms with Gasteiger partial charge in [-0.05, 0) is 18.6 Å². The van der Waals surface area contributed by atoms with E-state index < -0.39 is 0 Å². The third-order valence-corrected chi connectivity index (χ3v) is 5.60. The number of ether oxygens (including phenoxy) is 3. The van der Waals surface area contributed by atoms with Crippen LogP contribution < -0.4 is 4.74 Å². The molecule has 0 aromatic heterocycles. The molecule has 27 heavy (non-hydrogen) atoms. The zero-order valence-electron chi connectivity index (χ0n) is 15.8. The summed E-state index contributed by atoms with van der Waals surface area (Å²) in [5.41, 5.74) is 0. The second-order valence-corrected chi connectivity index (χ2v) is 7.41. The molecule has 3 fully saturated rings. The number of morpholine rings is 1. The number of hydrogen-bond acceptors (Lipinski definition) is 6. The fourth-order valence-corrected chi connectivity index (χ4v) is 4.12. The molecule has 4 rings (SSSR count). The van der Waals surface area contributed by atoms with Crippen LogP contribution in [0.25, 0.3) is 0 Å². The van der Waals surface area contributed by atoms with Crippen LogP contribution in [0.3, 0.4) is 0 Å². The van der Waals surface area contributed by atoms with Gasteiger partial charge in [0, 0.05) is 45.8 Å². The number of carbonyl (C=O) groups is 1. The molecule has 1 aromatic rings. The summed E-state index contributed by atoms with van der Waals surface area (Å²) in [5, 5.41) is 0. The molecule has 0 bridgehead atoms. The molecule has 3 aliphatic rings. The first-order valence-electron chi connectivity index (χ1n) is 9.97. The zero-order valence-corrected chi connectivity index (χ0v) is 15.8. The van der Waals surface area contributed by atoms with E-state index in [1.54, 1.807) is 0 Å². The van der Waals surface area contributed by atoms with Gasteiger partial charge >= 0.3 is 6.09 Å². The second-order valence-electron chi connectivity index (χ2n) is 7.41. The van der Waals surface area contributed by atoms with E-state index in [1.807, 2.05) is 35.2 Å². The molecule has 7 heteroatoms. The largest absolute Gasteiger partial charge is 0.492 e. The van der Waals surface area contributed by atoms with Crippen molar-refractivity contribution < 1.29 is 19.0 Å². The van der Waals surface area contributed by atoms with Crippen molar-refractivity contribution in [3.63, 3.8) is 0 Å². The van der Waals surface area contributed by atoms with Crippen molar-refractivity contribution >= 4 is 6.09 Å². The van der Waals surface area contributed by atoms with Gasteiger partial charge in [-0.1, -0.05) is 18.2 Å². The van der Waals surface area contributed by atoms with Crippen LogP contribution in [0.5, 0.6) is 5.75 Å². The number of rotatable bonds is 8. The lowest BCUT2D eigenvalue weighted by molar-refractivity contribution is 0.0362. The normalized spacial score (nSPS) is 26.2. The lowest BCUT2D eigenvalue weighted by Gasteiger charge is -2.28. The minimum Gasteiger partial charge on any atom is -0.492 e. The van der Waals surface area contributed by atoms with Crippen LogP contribution in [0.2, 0.25) is 0 Å². The Morgan fingerprint density at radius 1 is 1.00 bits per heavy atom. The van der Waals surface area contributed by atoms with Crippen molar-refractivity contribution in [2.75, 3.05) is 65.6 Å². The lowest BCUT2D eigenvalue weighted by atomic mass is 10.2. The van der Waals surface area contributed by atoms with E-state index in [0.29, 0.717) is 6.61 Å². The standard InChI is InChI=1S/C20H29N3O4/c24-20-23(8-4-7-21-9-12-25-13-10-21)18-15-22(16-19(18)27-20)11-14-26-17-5-2-1-3-6-17/h1-3,5-6,18-19H,4,7-16H2/t18-,19+/m0/s1.